The van der Waals surface area contributed by atoms with Crippen LogP contribution >= 0.6 is 0 Å². The molecule has 0 atom stereocenters. The minimum Gasteiger partial charge on any atom is -0.444 e. The first kappa shape index (κ1) is 23.7. The number of aromatic nitrogens is 2. The molecule has 8 nitrogen and oxygen atoms in total. The molecule has 1 aromatic heterocycles. The standard InChI is InChI=1S/C24H32N4O4/c1-23(2,3)32-22(30)28-12-10-24(11-13-28,17-31-4)16-27-21(29)19-14-25-20(26-15-19)18-8-6-5-7-9-18/h5-9,14-15H,10-13,16-17H2,1-4H3,(H,27,29). The second kappa shape index (κ2) is 10.1. The summed E-state index contributed by atoms with van der Waals surface area (Å²) in [5.74, 6) is 0.349. The third-order valence-electron chi connectivity index (χ3n) is 5.50. The number of hydrogen-bond donors (Lipinski definition) is 1. The monoisotopic (exact) mass is 440 g/mol. The van der Waals surface area contributed by atoms with Gasteiger partial charge in [-0.05, 0) is 33.6 Å². The van der Waals surface area contributed by atoms with E-state index >= 15 is 0 Å². The Labute approximate surface area is 189 Å². The average Bonchev–Trinajstić information content (AvgIpc) is 2.78. The number of benzene rings is 1. The largest absolute Gasteiger partial charge is 0.444 e. The minimum absolute atomic E-state index is 0.227. The first-order chi connectivity index (χ1) is 15.2. The van der Waals surface area contributed by atoms with Gasteiger partial charge in [0.2, 0.25) is 0 Å². The predicted molar refractivity (Wildman–Crippen MR) is 121 cm³/mol. The Balaban J connectivity index is 1.57. The first-order valence-corrected chi connectivity index (χ1v) is 10.8. The van der Waals surface area contributed by atoms with E-state index in [2.05, 4.69) is 15.3 Å². The summed E-state index contributed by atoms with van der Waals surface area (Å²) in [5, 5.41) is 3.00. The molecular formula is C24H32N4O4. The van der Waals surface area contributed by atoms with E-state index < -0.39 is 5.60 Å². The fourth-order valence-corrected chi connectivity index (χ4v) is 3.72. The van der Waals surface area contributed by atoms with Gasteiger partial charge in [-0.2, -0.15) is 0 Å². The molecule has 1 saturated heterocycles. The van der Waals surface area contributed by atoms with Crippen molar-refractivity contribution < 1.29 is 19.1 Å². The van der Waals surface area contributed by atoms with Crippen LogP contribution in [-0.4, -0.2) is 65.8 Å². The predicted octanol–water partition coefficient (Wildman–Crippen LogP) is 3.54. The zero-order chi connectivity index (χ0) is 23.2. The maximum absolute atomic E-state index is 12.7. The van der Waals surface area contributed by atoms with Gasteiger partial charge in [-0.15, -0.1) is 0 Å². The molecule has 0 bridgehead atoms. The molecule has 1 fully saturated rings. The first-order valence-electron chi connectivity index (χ1n) is 10.8. The van der Waals surface area contributed by atoms with Crippen LogP contribution in [0.15, 0.2) is 42.7 Å². The van der Waals surface area contributed by atoms with Gasteiger partial charge in [0.25, 0.3) is 5.91 Å². The molecule has 0 saturated carbocycles. The number of nitrogens with zero attached hydrogens (tertiary/aromatic N) is 3. The van der Waals surface area contributed by atoms with Gasteiger partial charge >= 0.3 is 6.09 Å². The van der Waals surface area contributed by atoms with E-state index in [-0.39, 0.29) is 17.4 Å². The summed E-state index contributed by atoms with van der Waals surface area (Å²) < 4.78 is 10.9. The Morgan fingerprint density at radius 2 is 1.72 bits per heavy atom. The number of likely N-dealkylation sites (tertiary alicyclic amines) is 1. The average molecular weight is 441 g/mol. The molecule has 0 unspecified atom stereocenters. The van der Waals surface area contributed by atoms with Crippen LogP contribution < -0.4 is 5.32 Å². The summed E-state index contributed by atoms with van der Waals surface area (Å²) in [7, 11) is 1.65. The van der Waals surface area contributed by atoms with Crippen LogP contribution in [0.2, 0.25) is 0 Å². The highest BCUT2D eigenvalue weighted by molar-refractivity contribution is 5.93. The fraction of sp³-hybridized carbons (Fsp3) is 0.500. The number of rotatable bonds is 6. The second-order valence-electron chi connectivity index (χ2n) is 9.24. The lowest BCUT2D eigenvalue weighted by atomic mass is 9.79. The van der Waals surface area contributed by atoms with Crippen molar-refractivity contribution in [3.8, 4) is 11.4 Å². The van der Waals surface area contributed by atoms with Gasteiger partial charge in [-0.25, -0.2) is 14.8 Å². The number of amides is 2. The summed E-state index contributed by atoms with van der Waals surface area (Å²) in [4.78, 5) is 35.4. The highest BCUT2D eigenvalue weighted by atomic mass is 16.6. The molecule has 1 N–H and O–H groups in total. The summed E-state index contributed by atoms with van der Waals surface area (Å²) in [5.41, 5.74) is 0.538. The number of nitrogens with one attached hydrogen (secondary N) is 1. The molecular weight excluding hydrogens is 408 g/mol. The molecule has 2 heterocycles. The maximum Gasteiger partial charge on any atom is 0.410 e. The third kappa shape index (κ3) is 6.26. The Bertz CT molecular complexity index is 902. The second-order valence-corrected chi connectivity index (χ2v) is 9.24. The van der Waals surface area contributed by atoms with E-state index in [1.807, 2.05) is 51.1 Å². The van der Waals surface area contributed by atoms with Gasteiger partial charge in [0.05, 0.1) is 12.2 Å². The number of hydrogen-bond acceptors (Lipinski definition) is 6. The summed E-state index contributed by atoms with van der Waals surface area (Å²) in [6.45, 7) is 7.63. The lowest BCUT2D eigenvalue weighted by Crippen LogP contribution is -2.50. The van der Waals surface area contributed by atoms with Gasteiger partial charge in [0, 0.05) is 50.1 Å². The number of ether oxygens (including phenoxy) is 2. The van der Waals surface area contributed by atoms with Gasteiger partial charge in [-0.3, -0.25) is 4.79 Å². The zero-order valence-electron chi connectivity index (χ0n) is 19.3. The zero-order valence-corrected chi connectivity index (χ0v) is 19.3. The molecule has 0 radical (unpaired) electrons. The van der Waals surface area contributed by atoms with E-state index in [1.165, 1.54) is 0 Å². The van der Waals surface area contributed by atoms with Gasteiger partial charge in [0.15, 0.2) is 5.82 Å². The van der Waals surface area contributed by atoms with E-state index in [4.69, 9.17) is 9.47 Å². The normalized spacial score (nSPS) is 15.8. The SMILES string of the molecule is COCC1(CNC(=O)c2cnc(-c3ccccc3)nc2)CCN(C(=O)OC(C)(C)C)CC1. The Morgan fingerprint density at radius 3 is 2.28 bits per heavy atom. The van der Waals surface area contributed by atoms with E-state index in [1.54, 1.807) is 24.4 Å². The minimum atomic E-state index is -0.524. The summed E-state index contributed by atoms with van der Waals surface area (Å²) in [6.07, 6.45) is 4.20. The molecule has 2 amide bonds. The molecule has 0 aliphatic carbocycles. The molecule has 2 aromatic rings. The molecule has 1 aliphatic heterocycles. The highest BCUT2D eigenvalue weighted by Gasteiger charge is 2.37. The van der Waals surface area contributed by atoms with Crippen molar-refractivity contribution in [1.82, 2.24) is 20.2 Å². The van der Waals surface area contributed by atoms with Crippen molar-refractivity contribution in [2.45, 2.75) is 39.2 Å². The maximum atomic E-state index is 12.7. The van der Waals surface area contributed by atoms with Crippen LogP contribution in [0.1, 0.15) is 44.0 Å². The van der Waals surface area contributed by atoms with Crippen LogP contribution in [-0.2, 0) is 9.47 Å². The van der Waals surface area contributed by atoms with Crippen molar-refractivity contribution in [3.63, 3.8) is 0 Å². The Hall–Kier alpha value is -3.00. The van der Waals surface area contributed by atoms with Crippen molar-refractivity contribution in [3.05, 3.63) is 48.3 Å². The van der Waals surface area contributed by atoms with Gasteiger partial charge < -0.3 is 19.7 Å². The Kier molecular flexibility index (Phi) is 7.45. The molecule has 32 heavy (non-hydrogen) atoms. The van der Waals surface area contributed by atoms with Crippen LogP contribution in [0.5, 0.6) is 0 Å². The molecule has 0 spiro atoms. The lowest BCUT2D eigenvalue weighted by molar-refractivity contribution is -0.00639. The number of carbonyl (C=O) groups is 2. The fourth-order valence-electron chi connectivity index (χ4n) is 3.72. The lowest BCUT2D eigenvalue weighted by Gasteiger charge is -2.41. The smallest absolute Gasteiger partial charge is 0.410 e. The van der Waals surface area contributed by atoms with Gasteiger partial charge in [0.1, 0.15) is 5.60 Å². The number of methoxy groups -OCH3 is 1. The highest BCUT2D eigenvalue weighted by Crippen LogP contribution is 2.32. The topological polar surface area (TPSA) is 93.6 Å². The van der Waals surface area contributed by atoms with E-state index in [0.717, 1.165) is 5.56 Å². The molecule has 172 valence electrons. The van der Waals surface area contributed by atoms with Crippen LogP contribution in [0.3, 0.4) is 0 Å². The van der Waals surface area contributed by atoms with Gasteiger partial charge in [-0.1, -0.05) is 30.3 Å². The van der Waals surface area contributed by atoms with E-state index in [0.29, 0.717) is 50.5 Å². The third-order valence-corrected chi connectivity index (χ3v) is 5.50. The van der Waals surface area contributed by atoms with Crippen LogP contribution in [0.25, 0.3) is 11.4 Å². The molecule has 1 aliphatic rings. The van der Waals surface area contributed by atoms with Crippen LogP contribution in [0.4, 0.5) is 4.79 Å². The quantitative estimate of drug-likeness (QED) is 0.739. The van der Waals surface area contributed by atoms with Crippen molar-refractivity contribution in [2.24, 2.45) is 5.41 Å². The number of carbonyl (C=O) groups excluding carboxylic acids is 2. The molecule has 8 heteroatoms. The van der Waals surface area contributed by atoms with Crippen LogP contribution in [0, 0.1) is 5.41 Å². The molecule has 3 rings (SSSR count). The van der Waals surface area contributed by atoms with E-state index in [9.17, 15) is 9.59 Å². The van der Waals surface area contributed by atoms with Crippen molar-refractivity contribution >= 4 is 12.0 Å². The number of piperidine rings is 1. The summed E-state index contributed by atoms with van der Waals surface area (Å²) in [6, 6.07) is 9.62. The van der Waals surface area contributed by atoms with Crippen molar-refractivity contribution in [2.75, 3.05) is 33.4 Å². The molecule has 1 aromatic carbocycles. The summed E-state index contributed by atoms with van der Waals surface area (Å²) >= 11 is 0. The Morgan fingerprint density at radius 1 is 1.09 bits per heavy atom. The van der Waals surface area contributed by atoms with Crippen molar-refractivity contribution in [1.29, 1.82) is 0 Å².